The minimum atomic E-state index is 0.0645. The summed E-state index contributed by atoms with van der Waals surface area (Å²) in [5.74, 6) is 1.19. The zero-order chi connectivity index (χ0) is 12.6. The van der Waals surface area contributed by atoms with E-state index < -0.39 is 0 Å². The molecule has 0 radical (unpaired) electrons. The highest BCUT2D eigenvalue weighted by Crippen LogP contribution is 2.35. The molecule has 1 aliphatic heterocycles. The van der Waals surface area contributed by atoms with E-state index in [1.807, 2.05) is 12.4 Å². The standard InChI is InChI=1S/C14H20N4/c1-3-14(7-5-8-16-14)13-17-11-10-15-9-6-12(11)18(13)4-2/h6,9-10,16H,3-5,7-8H2,1-2H3. The van der Waals surface area contributed by atoms with Crippen LogP contribution in [0.1, 0.15) is 38.9 Å². The monoisotopic (exact) mass is 244 g/mol. The van der Waals surface area contributed by atoms with Crippen LogP contribution in [0.4, 0.5) is 0 Å². The Labute approximate surface area is 107 Å². The van der Waals surface area contributed by atoms with Crippen molar-refractivity contribution in [3.8, 4) is 0 Å². The number of fused-ring (bicyclic) bond motifs is 1. The van der Waals surface area contributed by atoms with E-state index in [0.717, 1.165) is 25.0 Å². The van der Waals surface area contributed by atoms with Crippen LogP contribution in [0.25, 0.3) is 11.0 Å². The molecule has 1 N–H and O–H groups in total. The number of imidazole rings is 1. The van der Waals surface area contributed by atoms with Crippen molar-refractivity contribution >= 4 is 11.0 Å². The van der Waals surface area contributed by atoms with Gasteiger partial charge in [-0.2, -0.15) is 0 Å². The van der Waals surface area contributed by atoms with Crippen LogP contribution in [0.2, 0.25) is 0 Å². The number of rotatable bonds is 3. The Morgan fingerprint density at radius 1 is 1.44 bits per heavy atom. The lowest BCUT2D eigenvalue weighted by Gasteiger charge is -2.28. The number of hydrogen-bond donors (Lipinski definition) is 1. The first kappa shape index (κ1) is 11.7. The van der Waals surface area contributed by atoms with E-state index in [9.17, 15) is 0 Å². The third kappa shape index (κ3) is 1.56. The van der Waals surface area contributed by atoms with Crippen LogP contribution < -0.4 is 5.32 Å². The highest BCUT2D eigenvalue weighted by Gasteiger charge is 2.37. The fourth-order valence-corrected chi connectivity index (χ4v) is 3.12. The van der Waals surface area contributed by atoms with E-state index >= 15 is 0 Å². The number of nitrogens with one attached hydrogen (secondary N) is 1. The van der Waals surface area contributed by atoms with Crippen LogP contribution in [0.3, 0.4) is 0 Å². The van der Waals surface area contributed by atoms with Gasteiger partial charge >= 0.3 is 0 Å². The Balaban J connectivity index is 2.21. The molecule has 96 valence electrons. The highest BCUT2D eigenvalue weighted by atomic mass is 15.2. The van der Waals surface area contributed by atoms with Gasteiger partial charge in [-0.05, 0) is 38.8 Å². The molecule has 2 aromatic heterocycles. The first-order valence-corrected chi connectivity index (χ1v) is 6.86. The van der Waals surface area contributed by atoms with Crippen molar-refractivity contribution in [1.82, 2.24) is 19.9 Å². The van der Waals surface area contributed by atoms with E-state index in [1.165, 1.54) is 24.2 Å². The lowest BCUT2D eigenvalue weighted by atomic mass is 9.93. The summed E-state index contributed by atoms with van der Waals surface area (Å²) in [5.41, 5.74) is 2.27. The van der Waals surface area contributed by atoms with E-state index in [2.05, 4.69) is 34.8 Å². The van der Waals surface area contributed by atoms with Crippen LogP contribution >= 0.6 is 0 Å². The molecule has 0 spiro atoms. The molecule has 2 aromatic rings. The molecule has 0 amide bonds. The van der Waals surface area contributed by atoms with Crippen molar-refractivity contribution in [1.29, 1.82) is 0 Å². The number of nitrogens with zero attached hydrogens (tertiary/aromatic N) is 3. The summed E-state index contributed by atoms with van der Waals surface area (Å²) in [7, 11) is 0. The van der Waals surface area contributed by atoms with E-state index in [-0.39, 0.29) is 5.54 Å². The second-order valence-electron chi connectivity index (χ2n) is 5.01. The van der Waals surface area contributed by atoms with Crippen LogP contribution in [0.15, 0.2) is 18.5 Å². The topological polar surface area (TPSA) is 42.7 Å². The number of aromatic nitrogens is 3. The van der Waals surface area contributed by atoms with E-state index in [4.69, 9.17) is 4.98 Å². The van der Waals surface area contributed by atoms with Crippen LogP contribution in [-0.4, -0.2) is 21.1 Å². The minimum absolute atomic E-state index is 0.0645. The predicted octanol–water partition coefficient (Wildman–Crippen LogP) is 2.44. The molecule has 1 atom stereocenters. The third-order valence-corrected chi connectivity index (χ3v) is 4.14. The molecule has 4 heteroatoms. The Hall–Kier alpha value is -1.42. The second-order valence-corrected chi connectivity index (χ2v) is 5.01. The maximum absolute atomic E-state index is 4.85. The molecule has 0 saturated carbocycles. The van der Waals surface area contributed by atoms with Crippen molar-refractivity contribution in [2.45, 2.75) is 45.2 Å². The molecule has 18 heavy (non-hydrogen) atoms. The van der Waals surface area contributed by atoms with Gasteiger partial charge in [-0.25, -0.2) is 4.98 Å². The molecule has 3 rings (SSSR count). The lowest BCUT2D eigenvalue weighted by Crippen LogP contribution is -2.38. The smallest absolute Gasteiger partial charge is 0.130 e. The summed E-state index contributed by atoms with van der Waals surface area (Å²) in [6.07, 6.45) is 7.22. The minimum Gasteiger partial charge on any atom is -0.327 e. The maximum Gasteiger partial charge on any atom is 0.130 e. The summed E-state index contributed by atoms with van der Waals surface area (Å²) in [4.78, 5) is 9.03. The normalized spacial score (nSPS) is 23.9. The molecule has 4 nitrogen and oxygen atoms in total. The molecule has 3 heterocycles. The summed E-state index contributed by atoms with van der Waals surface area (Å²) in [5, 5.41) is 3.67. The van der Waals surface area contributed by atoms with Gasteiger partial charge in [0, 0.05) is 12.7 Å². The highest BCUT2D eigenvalue weighted by molar-refractivity contribution is 5.75. The second kappa shape index (κ2) is 4.35. The average molecular weight is 244 g/mol. The number of hydrogen-bond acceptors (Lipinski definition) is 3. The predicted molar refractivity (Wildman–Crippen MR) is 72.4 cm³/mol. The fraction of sp³-hybridized carbons (Fsp3) is 0.571. The molecular weight excluding hydrogens is 224 g/mol. The van der Waals surface area contributed by atoms with Gasteiger partial charge in [0.2, 0.25) is 0 Å². The van der Waals surface area contributed by atoms with Gasteiger partial charge in [-0.15, -0.1) is 0 Å². The van der Waals surface area contributed by atoms with Crippen molar-refractivity contribution < 1.29 is 0 Å². The van der Waals surface area contributed by atoms with Crippen molar-refractivity contribution in [2.24, 2.45) is 0 Å². The average Bonchev–Trinajstić information content (AvgIpc) is 3.03. The van der Waals surface area contributed by atoms with Crippen LogP contribution in [0.5, 0.6) is 0 Å². The SMILES string of the molecule is CCn1c(C2(CC)CCCN2)nc2cnccc21. The molecule has 0 aliphatic carbocycles. The van der Waals surface area contributed by atoms with E-state index in [0.29, 0.717) is 0 Å². The summed E-state index contributed by atoms with van der Waals surface area (Å²) in [6.45, 7) is 6.48. The molecule has 0 bridgehead atoms. The Morgan fingerprint density at radius 3 is 3.00 bits per heavy atom. The van der Waals surface area contributed by atoms with E-state index in [1.54, 1.807) is 0 Å². The summed E-state index contributed by atoms with van der Waals surface area (Å²) >= 11 is 0. The summed E-state index contributed by atoms with van der Waals surface area (Å²) < 4.78 is 2.33. The zero-order valence-electron chi connectivity index (χ0n) is 11.1. The Bertz CT molecular complexity index is 552. The van der Waals surface area contributed by atoms with Crippen molar-refractivity contribution in [2.75, 3.05) is 6.54 Å². The van der Waals surface area contributed by atoms with Gasteiger partial charge in [-0.3, -0.25) is 4.98 Å². The van der Waals surface area contributed by atoms with Crippen molar-refractivity contribution in [3.63, 3.8) is 0 Å². The number of pyridine rings is 1. The summed E-state index contributed by atoms with van der Waals surface area (Å²) in [6, 6.07) is 2.06. The quantitative estimate of drug-likeness (QED) is 0.901. The van der Waals surface area contributed by atoms with Crippen molar-refractivity contribution in [3.05, 3.63) is 24.3 Å². The maximum atomic E-state index is 4.85. The third-order valence-electron chi connectivity index (χ3n) is 4.14. The van der Waals surface area contributed by atoms with Gasteiger partial charge < -0.3 is 9.88 Å². The zero-order valence-corrected chi connectivity index (χ0v) is 11.1. The molecule has 1 unspecified atom stereocenters. The first-order chi connectivity index (χ1) is 8.80. The molecular formula is C14H20N4. The van der Waals surface area contributed by atoms with Crippen LogP contribution in [0, 0.1) is 0 Å². The molecule has 1 aliphatic rings. The lowest BCUT2D eigenvalue weighted by molar-refractivity contribution is 0.341. The fourth-order valence-electron chi connectivity index (χ4n) is 3.12. The molecule has 1 fully saturated rings. The van der Waals surface area contributed by atoms with Gasteiger partial charge in [0.05, 0.1) is 17.3 Å². The molecule has 1 saturated heterocycles. The van der Waals surface area contributed by atoms with Gasteiger partial charge in [0.15, 0.2) is 0 Å². The van der Waals surface area contributed by atoms with Gasteiger partial charge in [0.1, 0.15) is 11.3 Å². The van der Waals surface area contributed by atoms with Gasteiger partial charge in [0.25, 0.3) is 0 Å². The van der Waals surface area contributed by atoms with Crippen LogP contribution in [-0.2, 0) is 12.1 Å². The largest absolute Gasteiger partial charge is 0.327 e. The Morgan fingerprint density at radius 2 is 2.33 bits per heavy atom. The van der Waals surface area contributed by atoms with Gasteiger partial charge in [-0.1, -0.05) is 6.92 Å². The first-order valence-electron chi connectivity index (χ1n) is 6.86. The number of aryl methyl sites for hydroxylation is 1. The molecule has 0 aromatic carbocycles. The Kier molecular flexibility index (Phi) is 2.82.